The summed E-state index contributed by atoms with van der Waals surface area (Å²) in [7, 11) is 1.74. The van der Waals surface area contributed by atoms with Crippen molar-refractivity contribution in [2.45, 2.75) is 44.7 Å². The van der Waals surface area contributed by atoms with E-state index in [1.54, 1.807) is 26.1 Å². The van der Waals surface area contributed by atoms with Crippen molar-refractivity contribution in [3.63, 3.8) is 0 Å². The van der Waals surface area contributed by atoms with Crippen LogP contribution >= 0.6 is 24.0 Å². The number of rotatable bonds is 7. The summed E-state index contributed by atoms with van der Waals surface area (Å²) in [5, 5.41) is 9.76. The Morgan fingerprint density at radius 1 is 1.37 bits per heavy atom. The normalized spacial score (nSPS) is 20.0. The van der Waals surface area contributed by atoms with E-state index in [4.69, 9.17) is 4.74 Å². The third-order valence-electron chi connectivity index (χ3n) is 5.42. The highest BCUT2D eigenvalue weighted by Gasteiger charge is 2.33. The predicted octanol–water partition coefficient (Wildman–Crippen LogP) is 3.10. The van der Waals surface area contributed by atoms with Crippen LogP contribution in [-0.2, 0) is 4.74 Å². The van der Waals surface area contributed by atoms with Gasteiger partial charge in [-0.3, -0.25) is 4.99 Å². The molecule has 1 heterocycles. The fourth-order valence-corrected chi connectivity index (χ4v) is 3.76. The molecule has 2 unspecified atom stereocenters. The van der Waals surface area contributed by atoms with Crippen molar-refractivity contribution in [2.75, 3.05) is 38.2 Å². The number of carbonyl (C=O) groups excluding carboxylic acids is 1. The maximum atomic E-state index is 13.6. The molecular formula is C21H33FIN5O2. The first kappa shape index (κ1) is 24.5. The van der Waals surface area contributed by atoms with Gasteiger partial charge in [-0.1, -0.05) is 6.07 Å². The van der Waals surface area contributed by atoms with Gasteiger partial charge in [-0.15, -0.1) is 24.0 Å². The number of hydrogen-bond acceptors (Lipinski definition) is 4. The van der Waals surface area contributed by atoms with E-state index < -0.39 is 0 Å². The molecule has 2 fully saturated rings. The topological polar surface area (TPSA) is 78.0 Å². The van der Waals surface area contributed by atoms with Gasteiger partial charge in [-0.2, -0.15) is 0 Å². The summed E-state index contributed by atoms with van der Waals surface area (Å²) >= 11 is 0. The van der Waals surface area contributed by atoms with Crippen molar-refractivity contribution in [1.29, 1.82) is 0 Å². The van der Waals surface area contributed by atoms with Crippen LogP contribution in [0.5, 0.6) is 0 Å². The van der Waals surface area contributed by atoms with E-state index >= 15 is 0 Å². The predicted molar refractivity (Wildman–Crippen MR) is 128 cm³/mol. The molecule has 3 N–H and O–H groups in total. The van der Waals surface area contributed by atoms with Crippen molar-refractivity contribution < 1.29 is 13.9 Å². The van der Waals surface area contributed by atoms with E-state index in [0.29, 0.717) is 25.0 Å². The molecule has 0 bridgehead atoms. The molecule has 2 atom stereocenters. The number of aliphatic imine (C=N–C) groups is 1. The first-order chi connectivity index (χ1) is 14.1. The fraction of sp³-hybridized carbons (Fsp3) is 0.619. The highest BCUT2D eigenvalue weighted by Crippen LogP contribution is 2.32. The molecule has 2 aliphatic rings. The van der Waals surface area contributed by atoms with Crippen LogP contribution in [0, 0.1) is 11.7 Å². The lowest BCUT2D eigenvalue weighted by molar-refractivity contribution is 0.146. The molecule has 1 saturated heterocycles. The Labute approximate surface area is 195 Å². The molecule has 9 heteroatoms. The maximum absolute atomic E-state index is 13.6. The lowest BCUT2D eigenvalue weighted by Crippen LogP contribution is -2.53. The van der Waals surface area contributed by atoms with Gasteiger partial charge in [-0.05, 0) is 56.7 Å². The summed E-state index contributed by atoms with van der Waals surface area (Å²) in [6, 6.07) is 6.99. The largest absolute Gasteiger partial charge is 0.450 e. The van der Waals surface area contributed by atoms with E-state index in [0.717, 1.165) is 44.5 Å². The first-order valence-electron chi connectivity index (χ1n) is 10.5. The molecule has 0 radical (unpaired) electrons. The quantitative estimate of drug-likeness (QED) is 0.285. The molecule has 30 heavy (non-hydrogen) atoms. The minimum Gasteiger partial charge on any atom is -0.450 e. The smallest absolute Gasteiger partial charge is 0.407 e. The zero-order chi connectivity index (χ0) is 20.6. The van der Waals surface area contributed by atoms with Crippen LogP contribution in [0.3, 0.4) is 0 Å². The van der Waals surface area contributed by atoms with E-state index in [1.807, 2.05) is 6.07 Å². The Morgan fingerprint density at radius 2 is 2.17 bits per heavy atom. The Balaban J connectivity index is 0.00000320. The van der Waals surface area contributed by atoms with E-state index in [1.165, 1.54) is 6.07 Å². The van der Waals surface area contributed by atoms with Crippen LogP contribution in [-0.4, -0.2) is 57.4 Å². The number of benzene rings is 1. The molecule has 168 valence electrons. The van der Waals surface area contributed by atoms with Gasteiger partial charge in [-0.25, -0.2) is 9.18 Å². The van der Waals surface area contributed by atoms with Crippen molar-refractivity contribution >= 4 is 41.7 Å². The number of nitrogens with zero attached hydrogens (tertiary/aromatic N) is 2. The zero-order valence-electron chi connectivity index (χ0n) is 17.7. The Bertz CT molecular complexity index is 716. The molecule has 1 aromatic carbocycles. The summed E-state index contributed by atoms with van der Waals surface area (Å²) in [4.78, 5) is 18.3. The number of alkyl carbamates (subject to hydrolysis) is 1. The van der Waals surface area contributed by atoms with Gasteiger partial charge in [0, 0.05) is 38.4 Å². The monoisotopic (exact) mass is 533 g/mol. The second-order valence-electron chi connectivity index (χ2n) is 7.67. The lowest BCUT2D eigenvalue weighted by Gasteiger charge is -2.35. The van der Waals surface area contributed by atoms with Crippen molar-refractivity contribution in [2.24, 2.45) is 10.9 Å². The van der Waals surface area contributed by atoms with Gasteiger partial charge in [0.2, 0.25) is 0 Å². The third kappa shape index (κ3) is 7.48. The number of anilines is 1. The summed E-state index contributed by atoms with van der Waals surface area (Å²) in [6.07, 6.45) is 3.93. The SMILES string of the molecule is CCOC(=O)NC(CNC(=NC)NC1CCCN(c2cccc(F)c2)C1)C1CC1.I. The van der Waals surface area contributed by atoms with Gasteiger partial charge in [0.1, 0.15) is 5.82 Å². The Hall–Kier alpha value is -1.78. The highest BCUT2D eigenvalue weighted by atomic mass is 127. The first-order valence-corrected chi connectivity index (χ1v) is 10.5. The minimum atomic E-state index is -0.368. The van der Waals surface area contributed by atoms with Gasteiger partial charge in [0.15, 0.2) is 5.96 Å². The zero-order valence-corrected chi connectivity index (χ0v) is 20.0. The second-order valence-corrected chi connectivity index (χ2v) is 7.67. The van der Waals surface area contributed by atoms with Crippen LogP contribution in [0.15, 0.2) is 29.3 Å². The molecule has 3 rings (SSSR count). The molecular weight excluding hydrogens is 500 g/mol. The number of halogens is 2. The van der Waals surface area contributed by atoms with Crippen LogP contribution in [0.2, 0.25) is 0 Å². The van der Waals surface area contributed by atoms with Gasteiger partial charge < -0.3 is 25.6 Å². The average Bonchev–Trinajstić information content (AvgIpc) is 3.56. The number of hydrogen-bond donors (Lipinski definition) is 3. The van der Waals surface area contributed by atoms with Crippen LogP contribution in [0.25, 0.3) is 0 Å². The standard InChI is InChI=1S/C21H32FN5O2.HI/c1-3-29-21(28)26-19(15-9-10-15)13-24-20(23-2)25-17-7-5-11-27(14-17)18-8-4-6-16(22)12-18;/h4,6,8,12,15,17,19H,3,5,7,9-11,13-14H2,1-2H3,(H,26,28)(H2,23,24,25);1H. The summed E-state index contributed by atoms with van der Waals surface area (Å²) in [6.45, 7) is 4.47. The van der Waals surface area contributed by atoms with Crippen LogP contribution < -0.4 is 20.9 Å². The number of nitrogens with one attached hydrogen (secondary N) is 3. The summed E-state index contributed by atoms with van der Waals surface area (Å²) in [5.41, 5.74) is 0.909. The molecule has 0 spiro atoms. The third-order valence-corrected chi connectivity index (χ3v) is 5.42. The van der Waals surface area contributed by atoms with Crippen LogP contribution in [0.1, 0.15) is 32.6 Å². The molecule has 7 nitrogen and oxygen atoms in total. The average molecular weight is 533 g/mol. The van der Waals surface area contributed by atoms with E-state index in [2.05, 4.69) is 25.8 Å². The Morgan fingerprint density at radius 3 is 2.83 bits per heavy atom. The molecule has 1 amide bonds. The number of carbonyl (C=O) groups is 1. The molecule has 1 aliphatic heterocycles. The molecule has 1 saturated carbocycles. The summed E-state index contributed by atoms with van der Waals surface area (Å²) < 4.78 is 18.6. The maximum Gasteiger partial charge on any atom is 0.407 e. The minimum absolute atomic E-state index is 0. The number of guanidine groups is 1. The van der Waals surface area contributed by atoms with Gasteiger partial charge in [0.25, 0.3) is 0 Å². The molecule has 1 aromatic rings. The van der Waals surface area contributed by atoms with Crippen LogP contribution in [0.4, 0.5) is 14.9 Å². The van der Waals surface area contributed by atoms with Crippen molar-refractivity contribution in [3.05, 3.63) is 30.1 Å². The number of piperidine rings is 1. The molecule has 0 aromatic heterocycles. The van der Waals surface area contributed by atoms with Crippen molar-refractivity contribution in [3.8, 4) is 0 Å². The fourth-order valence-electron chi connectivity index (χ4n) is 3.76. The van der Waals surface area contributed by atoms with Crippen molar-refractivity contribution in [1.82, 2.24) is 16.0 Å². The van der Waals surface area contributed by atoms with E-state index in [9.17, 15) is 9.18 Å². The number of amides is 1. The lowest BCUT2D eigenvalue weighted by atomic mass is 10.0. The van der Waals surface area contributed by atoms with Gasteiger partial charge >= 0.3 is 6.09 Å². The van der Waals surface area contributed by atoms with Gasteiger partial charge in [0.05, 0.1) is 12.6 Å². The second kappa shape index (κ2) is 12.2. The van der Waals surface area contributed by atoms with E-state index in [-0.39, 0.29) is 48.0 Å². The highest BCUT2D eigenvalue weighted by molar-refractivity contribution is 14.0. The number of ether oxygens (including phenoxy) is 1. The Kier molecular flexibility index (Phi) is 9.93. The summed E-state index contributed by atoms with van der Waals surface area (Å²) in [5.74, 6) is 0.992. The molecule has 1 aliphatic carbocycles.